The summed E-state index contributed by atoms with van der Waals surface area (Å²) in [5, 5.41) is 0. The zero-order valence-electron chi connectivity index (χ0n) is 14.0. The zero-order valence-corrected chi connectivity index (χ0v) is 14.0. The van der Waals surface area contributed by atoms with Crippen molar-refractivity contribution in [1.29, 1.82) is 0 Å². The largest absolute Gasteiger partial charge is 0.376 e. The van der Waals surface area contributed by atoms with E-state index in [1.54, 1.807) is 0 Å². The fraction of sp³-hybridized carbons (Fsp3) is 0.524. The van der Waals surface area contributed by atoms with Crippen LogP contribution in [0, 0.1) is 5.92 Å². The molecular weight excluding hydrogens is 268 g/mol. The molecule has 1 nitrogen and oxygen atoms in total. The number of rotatable bonds is 8. The standard InChI is InChI=1S/C21H30O/c1-3-5-6-16-22-17-19-10-14-21(15-11-19)20-12-8-18(7-4-2)9-13-20/h3-5,10-11,14-15,18,20H,2,6-9,12-13,16-17H2,1H3/b5-3+/t18-,20-. The highest BCUT2D eigenvalue weighted by molar-refractivity contribution is 5.25. The number of allylic oxidation sites excluding steroid dienone is 2. The van der Waals surface area contributed by atoms with Crippen LogP contribution < -0.4 is 0 Å². The maximum atomic E-state index is 5.69. The molecule has 0 aliphatic heterocycles. The lowest BCUT2D eigenvalue weighted by Crippen LogP contribution is -2.12. The van der Waals surface area contributed by atoms with Crippen LogP contribution in [-0.4, -0.2) is 6.61 Å². The third-order valence-corrected chi connectivity index (χ3v) is 4.73. The van der Waals surface area contributed by atoms with Crippen LogP contribution in [0.15, 0.2) is 49.1 Å². The third-order valence-electron chi connectivity index (χ3n) is 4.73. The quantitative estimate of drug-likeness (QED) is 0.421. The van der Waals surface area contributed by atoms with Gasteiger partial charge in [0.15, 0.2) is 0 Å². The molecule has 22 heavy (non-hydrogen) atoms. The molecule has 0 atom stereocenters. The molecule has 0 amide bonds. The van der Waals surface area contributed by atoms with Gasteiger partial charge in [0.2, 0.25) is 0 Å². The molecule has 1 aliphatic rings. The van der Waals surface area contributed by atoms with Crippen molar-refractivity contribution in [2.75, 3.05) is 6.61 Å². The maximum absolute atomic E-state index is 5.69. The van der Waals surface area contributed by atoms with E-state index < -0.39 is 0 Å². The van der Waals surface area contributed by atoms with E-state index in [1.165, 1.54) is 43.2 Å². The van der Waals surface area contributed by atoms with Crippen LogP contribution >= 0.6 is 0 Å². The average molecular weight is 298 g/mol. The fourth-order valence-corrected chi connectivity index (χ4v) is 3.36. The molecule has 1 saturated carbocycles. The molecule has 0 spiro atoms. The minimum atomic E-state index is 0.726. The molecule has 1 heteroatoms. The number of ether oxygens (including phenoxy) is 1. The monoisotopic (exact) mass is 298 g/mol. The molecule has 1 fully saturated rings. The first-order chi connectivity index (χ1) is 10.8. The smallest absolute Gasteiger partial charge is 0.0717 e. The molecule has 1 aromatic rings. The second kappa shape index (κ2) is 9.63. The first-order valence-corrected chi connectivity index (χ1v) is 8.72. The zero-order chi connectivity index (χ0) is 15.6. The summed E-state index contributed by atoms with van der Waals surface area (Å²) in [5.74, 6) is 1.63. The third kappa shape index (κ3) is 5.46. The molecule has 1 aliphatic carbocycles. The van der Waals surface area contributed by atoms with Crippen molar-refractivity contribution in [3.63, 3.8) is 0 Å². The van der Waals surface area contributed by atoms with Crippen LogP contribution in [0.4, 0.5) is 0 Å². The SMILES string of the molecule is C=CC[C@H]1CC[C@H](c2ccc(COCC/C=C/C)cc2)CC1. The lowest BCUT2D eigenvalue weighted by molar-refractivity contribution is 0.125. The normalized spacial score (nSPS) is 22.0. The summed E-state index contributed by atoms with van der Waals surface area (Å²) in [4.78, 5) is 0. The number of benzene rings is 1. The van der Waals surface area contributed by atoms with Gasteiger partial charge in [-0.3, -0.25) is 0 Å². The Labute approximate surface area is 136 Å². The van der Waals surface area contributed by atoms with Crippen molar-refractivity contribution in [1.82, 2.24) is 0 Å². The highest BCUT2D eigenvalue weighted by Crippen LogP contribution is 2.37. The minimum Gasteiger partial charge on any atom is -0.376 e. The molecule has 0 heterocycles. The molecule has 0 radical (unpaired) electrons. The van der Waals surface area contributed by atoms with Gasteiger partial charge in [-0.15, -0.1) is 6.58 Å². The van der Waals surface area contributed by atoms with E-state index in [4.69, 9.17) is 4.74 Å². The fourth-order valence-electron chi connectivity index (χ4n) is 3.36. The van der Waals surface area contributed by atoms with Gasteiger partial charge in [-0.2, -0.15) is 0 Å². The van der Waals surface area contributed by atoms with Gasteiger partial charge in [0, 0.05) is 0 Å². The lowest BCUT2D eigenvalue weighted by atomic mass is 9.77. The molecule has 0 bridgehead atoms. The Morgan fingerprint density at radius 2 is 1.86 bits per heavy atom. The van der Waals surface area contributed by atoms with Gasteiger partial charge in [-0.1, -0.05) is 42.5 Å². The molecule has 0 aromatic heterocycles. The highest BCUT2D eigenvalue weighted by atomic mass is 16.5. The summed E-state index contributed by atoms with van der Waals surface area (Å²) in [6.45, 7) is 7.44. The Hall–Kier alpha value is -1.34. The van der Waals surface area contributed by atoms with E-state index in [9.17, 15) is 0 Å². The van der Waals surface area contributed by atoms with Gasteiger partial charge in [0.25, 0.3) is 0 Å². The Bertz CT molecular complexity index is 449. The number of hydrogen-bond acceptors (Lipinski definition) is 1. The van der Waals surface area contributed by atoms with E-state index in [0.29, 0.717) is 0 Å². The van der Waals surface area contributed by atoms with Crippen LogP contribution in [0.1, 0.15) is 62.5 Å². The van der Waals surface area contributed by atoms with Gasteiger partial charge in [-0.05, 0) is 68.4 Å². The van der Waals surface area contributed by atoms with E-state index in [2.05, 4.69) is 49.1 Å². The number of hydrogen-bond donors (Lipinski definition) is 0. The molecule has 0 unspecified atom stereocenters. The predicted octanol–water partition coefficient (Wildman–Crippen LogP) is 6.02. The first kappa shape index (κ1) is 17.0. The van der Waals surface area contributed by atoms with Crippen LogP contribution in [-0.2, 0) is 11.3 Å². The van der Waals surface area contributed by atoms with Crippen molar-refractivity contribution in [3.8, 4) is 0 Å². The van der Waals surface area contributed by atoms with Crippen LogP contribution in [0.5, 0.6) is 0 Å². The van der Waals surface area contributed by atoms with Gasteiger partial charge >= 0.3 is 0 Å². The highest BCUT2D eigenvalue weighted by Gasteiger charge is 2.21. The van der Waals surface area contributed by atoms with Gasteiger partial charge in [0.05, 0.1) is 13.2 Å². The molecule has 0 saturated heterocycles. The van der Waals surface area contributed by atoms with E-state index in [1.807, 2.05) is 6.92 Å². The van der Waals surface area contributed by atoms with E-state index in [-0.39, 0.29) is 0 Å². The summed E-state index contributed by atoms with van der Waals surface area (Å²) in [6.07, 6.45) is 13.9. The van der Waals surface area contributed by atoms with Crippen LogP contribution in [0.3, 0.4) is 0 Å². The van der Waals surface area contributed by atoms with Crippen molar-refractivity contribution in [3.05, 3.63) is 60.2 Å². The molecular formula is C21H30O. The predicted molar refractivity (Wildman–Crippen MR) is 95.0 cm³/mol. The summed E-state index contributed by atoms with van der Waals surface area (Å²) < 4.78 is 5.69. The summed E-state index contributed by atoms with van der Waals surface area (Å²) in [6, 6.07) is 9.09. The Morgan fingerprint density at radius 1 is 1.14 bits per heavy atom. The first-order valence-electron chi connectivity index (χ1n) is 8.72. The van der Waals surface area contributed by atoms with Gasteiger partial charge < -0.3 is 4.74 Å². The van der Waals surface area contributed by atoms with Gasteiger partial charge in [0.1, 0.15) is 0 Å². The average Bonchev–Trinajstić information content (AvgIpc) is 2.56. The Balaban J connectivity index is 1.76. The minimum absolute atomic E-state index is 0.726. The van der Waals surface area contributed by atoms with Crippen LogP contribution in [0.25, 0.3) is 0 Å². The van der Waals surface area contributed by atoms with E-state index in [0.717, 1.165) is 31.5 Å². The Morgan fingerprint density at radius 3 is 2.50 bits per heavy atom. The lowest BCUT2D eigenvalue weighted by Gasteiger charge is -2.28. The molecule has 0 N–H and O–H groups in total. The van der Waals surface area contributed by atoms with Crippen molar-refractivity contribution in [2.45, 2.75) is 58.0 Å². The summed E-state index contributed by atoms with van der Waals surface area (Å²) in [5.41, 5.74) is 2.79. The topological polar surface area (TPSA) is 9.23 Å². The van der Waals surface area contributed by atoms with Crippen molar-refractivity contribution in [2.24, 2.45) is 5.92 Å². The van der Waals surface area contributed by atoms with E-state index >= 15 is 0 Å². The molecule has 2 rings (SSSR count). The second-order valence-electron chi connectivity index (χ2n) is 6.39. The summed E-state index contributed by atoms with van der Waals surface area (Å²) in [7, 11) is 0. The Kier molecular flexibility index (Phi) is 7.45. The maximum Gasteiger partial charge on any atom is 0.0717 e. The van der Waals surface area contributed by atoms with Crippen LogP contribution in [0.2, 0.25) is 0 Å². The summed E-state index contributed by atoms with van der Waals surface area (Å²) >= 11 is 0. The van der Waals surface area contributed by atoms with Crippen molar-refractivity contribution < 1.29 is 4.74 Å². The second-order valence-corrected chi connectivity index (χ2v) is 6.39. The van der Waals surface area contributed by atoms with Gasteiger partial charge in [-0.25, -0.2) is 0 Å². The molecule has 120 valence electrons. The molecule has 1 aromatic carbocycles. The van der Waals surface area contributed by atoms with Crippen molar-refractivity contribution >= 4 is 0 Å².